The van der Waals surface area contributed by atoms with E-state index >= 15 is 0 Å². The molecule has 2 aromatic carbocycles. The fraction of sp³-hybridized carbons (Fsp3) is 0.150. The van der Waals surface area contributed by atoms with Crippen LogP contribution < -0.4 is 20.1 Å². The number of carbonyl (C=O) groups excluding carboxylic acids is 2. The molecule has 28 heavy (non-hydrogen) atoms. The Labute approximate surface area is 167 Å². The van der Waals surface area contributed by atoms with Crippen molar-refractivity contribution < 1.29 is 19.1 Å². The second kappa shape index (κ2) is 10.00. The summed E-state index contributed by atoms with van der Waals surface area (Å²) >= 11 is 6.08. The van der Waals surface area contributed by atoms with Crippen molar-refractivity contribution in [2.24, 2.45) is 0 Å². The lowest BCUT2D eigenvalue weighted by atomic mass is 10.2. The fourth-order valence-corrected chi connectivity index (χ4v) is 2.48. The highest BCUT2D eigenvalue weighted by molar-refractivity contribution is 6.34. The lowest BCUT2D eigenvalue weighted by molar-refractivity contribution is -0.114. The zero-order chi connectivity index (χ0) is 20.5. The third kappa shape index (κ3) is 6.04. The molecule has 0 aliphatic carbocycles. The van der Waals surface area contributed by atoms with Crippen LogP contribution in [0.5, 0.6) is 11.5 Å². The van der Waals surface area contributed by atoms with Crippen LogP contribution in [0.4, 0.5) is 11.4 Å². The summed E-state index contributed by atoms with van der Waals surface area (Å²) in [7, 11) is 1.49. The zero-order valence-corrected chi connectivity index (χ0v) is 16.0. The van der Waals surface area contributed by atoms with Gasteiger partial charge in [-0.05, 0) is 42.0 Å². The number of ether oxygens (including phenoxy) is 2. The van der Waals surface area contributed by atoms with Gasteiger partial charge in [-0.25, -0.2) is 0 Å². The summed E-state index contributed by atoms with van der Waals surface area (Å²) in [4.78, 5) is 23.2. The normalized spacial score (nSPS) is 10.2. The number of nitriles is 1. The molecule has 0 atom stereocenters. The van der Waals surface area contributed by atoms with E-state index in [0.717, 1.165) is 5.56 Å². The van der Waals surface area contributed by atoms with Crippen molar-refractivity contribution in [2.45, 2.75) is 6.92 Å². The summed E-state index contributed by atoms with van der Waals surface area (Å²) in [6, 6.07) is 11.8. The SMILES string of the molecule is COc1cc(/C=C/C(=O)Nc2ccc(NC(C)=O)c(Cl)c2)ccc1OCC#N. The third-order valence-electron chi connectivity index (χ3n) is 3.45. The van der Waals surface area contributed by atoms with Crippen LogP contribution in [0.3, 0.4) is 0 Å². The Morgan fingerprint density at radius 2 is 1.96 bits per heavy atom. The van der Waals surface area contributed by atoms with Crippen molar-refractivity contribution >= 4 is 40.9 Å². The minimum atomic E-state index is -0.355. The Kier molecular flexibility index (Phi) is 7.43. The molecule has 0 heterocycles. The first-order valence-electron chi connectivity index (χ1n) is 8.17. The Hall–Kier alpha value is -3.50. The molecule has 0 bridgehead atoms. The quantitative estimate of drug-likeness (QED) is 0.688. The molecule has 2 amide bonds. The Morgan fingerprint density at radius 3 is 2.61 bits per heavy atom. The van der Waals surface area contributed by atoms with Gasteiger partial charge in [0.2, 0.25) is 11.8 Å². The van der Waals surface area contributed by atoms with Crippen LogP contribution in [0.2, 0.25) is 5.02 Å². The summed E-state index contributed by atoms with van der Waals surface area (Å²) in [5.41, 5.74) is 1.68. The van der Waals surface area contributed by atoms with Gasteiger partial charge < -0.3 is 20.1 Å². The van der Waals surface area contributed by atoms with E-state index in [1.807, 2.05) is 6.07 Å². The Morgan fingerprint density at radius 1 is 1.18 bits per heavy atom. The van der Waals surface area contributed by atoms with E-state index in [2.05, 4.69) is 10.6 Å². The van der Waals surface area contributed by atoms with Crippen LogP contribution in [0.15, 0.2) is 42.5 Å². The summed E-state index contributed by atoms with van der Waals surface area (Å²) in [6.45, 7) is 1.30. The second-order valence-corrected chi connectivity index (χ2v) is 5.96. The molecule has 0 aliphatic heterocycles. The fourth-order valence-electron chi connectivity index (χ4n) is 2.26. The molecule has 0 saturated carbocycles. The average Bonchev–Trinajstić information content (AvgIpc) is 2.66. The van der Waals surface area contributed by atoms with E-state index in [0.29, 0.717) is 27.9 Å². The molecule has 0 saturated heterocycles. The highest BCUT2D eigenvalue weighted by atomic mass is 35.5. The average molecular weight is 400 g/mol. The standard InChI is InChI=1S/C20H18ClN3O4/c1-13(25)23-17-6-5-15(12-16(17)21)24-20(26)8-4-14-3-7-18(28-10-9-22)19(11-14)27-2/h3-8,11-12H,10H2,1-2H3,(H,23,25)(H,24,26)/b8-4+. The van der Waals surface area contributed by atoms with Gasteiger partial charge in [-0.1, -0.05) is 17.7 Å². The number of benzene rings is 2. The monoisotopic (exact) mass is 399 g/mol. The summed E-state index contributed by atoms with van der Waals surface area (Å²) < 4.78 is 10.5. The van der Waals surface area contributed by atoms with Gasteiger partial charge >= 0.3 is 0 Å². The highest BCUT2D eigenvalue weighted by Crippen LogP contribution is 2.28. The van der Waals surface area contributed by atoms with Gasteiger partial charge in [0.25, 0.3) is 0 Å². The predicted octanol–water partition coefficient (Wildman–Crippen LogP) is 3.86. The first kappa shape index (κ1) is 20.8. The number of nitrogens with zero attached hydrogens (tertiary/aromatic N) is 1. The minimum Gasteiger partial charge on any atom is -0.493 e. The Balaban J connectivity index is 2.04. The van der Waals surface area contributed by atoms with Crippen LogP contribution >= 0.6 is 11.6 Å². The number of anilines is 2. The van der Waals surface area contributed by atoms with E-state index in [4.69, 9.17) is 26.3 Å². The largest absolute Gasteiger partial charge is 0.493 e. The number of rotatable bonds is 7. The first-order chi connectivity index (χ1) is 13.4. The molecule has 0 aliphatic rings. The van der Waals surface area contributed by atoms with Crippen molar-refractivity contribution in [3.8, 4) is 17.6 Å². The topological polar surface area (TPSA) is 100 Å². The van der Waals surface area contributed by atoms with Gasteiger partial charge in [-0.15, -0.1) is 0 Å². The van der Waals surface area contributed by atoms with Gasteiger partial charge in [0.05, 0.1) is 17.8 Å². The number of carbonyl (C=O) groups is 2. The summed E-state index contributed by atoms with van der Waals surface area (Å²) in [5.74, 6) is 0.311. The predicted molar refractivity (Wildman–Crippen MR) is 108 cm³/mol. The van der Waals surface area contributed by atoms with Crippen LogP contribution in [0, 0.1) is 11.3 Å². The number of halogens is 1. The molecule has 0 radical (unpaired) electrons. The molecule has 0 fully saturated rings. The molecular formula is C20H18ClN3O4. The van der Waals surface area contributed by atoms with Crippen molar-refractivity contribution in [1.29, 1.82) is 5.26 Å². The maximum absolute atomic E-state index is 12.1. The molecule has 144 valence electrons. The molecule has 0 spiro atoms. The zero-order valence-electron chi connectivity index (χ0n) is 15.3. The molecule has 2 N–H and O–H groups in total. The van der Waals surface area contributed by atoms with Gasteiger partial charge in [0.15, 0.2) is 18.1 Å². The van der Waals surface area contributed by atoms with Gasteiger partial charge in [0.1, 0.15) is 6.07 Å². The van der Waals surface area contributed by atoms with E-state index in [1.165, 1.54) is 20.1 Å². The lowest BCUT2D eigenvalue weighted by Gasteiger charge is -2.09. The maximum atomic E-state index is 12.1. The number of methoxy groups -OCH3 is 1. The third-order valence-corrected chi connectivity index (χ3v) is 3.77. The Bertz CT molecular complexity index is 951. The number of hydrogen-bond acceptors (Lipinski definition) is 5. The molecule has 7 nitrogen and oxygen atoms in total. The van der Waals surface area contributed by atoms with Crippen molar-refractivity contribution in [3.63, 3.8) is 0 Å². The summed E-state index contributed by atoms with van der Waals surface area (Å²) in [6.07, 6.45) is 2.97. The molecule has 2 aromatic rings. The number of amides is 2. The van der Waals surface area contributed by atoms with Crippen LogP contribution in [0.25, 0.3) is 6.08 Å². The molecule has 0 aromatic heterocycles. The lowest BCUT2D eigenvalue weighted by Crippen LogP contribution is -2.09. The van der Waals surface area contributed by atoms with Crippen molar-refractivity contribution in [3.05, 3.63) is 53.1 Å². The van der Waals surface area contributed by atoms with E-state index in [-0.39, 0.29) is 18.4 Å². The minimum absolute atomic E-state index is 0.0861. The molecular weight excluding hydrogens is 382 g/mol. The molecule has 0 unspecified atom stereocenters. The molecule has 2 rings (SSSR count). The number of nitrogens with one attached hydrogen (secondary N) is 2. The van der Waals surface area contributed by atoms with Crippen LogP contribution in [-0.4, -0.2) is 25.5 Å². The smallest absolute Gasteiger partial charge is 0.248 e. The first-order valence-corrected chi connectivity index (χ1v) is 8.54. The maximum Gasteiger partial charge on any atom is 0.248 e. The van der Waals surface area contributed by atoms with Crippen molar-refractivity contribution in [1.82, 2.24) is 0 Å². The van der Waals surface area contributed by atoms with Crippen molar-refractivity contribution in [2.75, 3.05) is 24.4 Å². The van der Waals surface area contributed by atoms with E-state index < -0.39 is 0 Å². The molecule has 8 heteroatoms. The van der Waals surface area contributed by atoms with Crippen LogP contribution in [0.1, 0.15) is 12.5 Å². The van der Waals surface area contributed by atoms with Gasteiger partial charge in [-0.2, -0.15) is 5.26 Å². The summed E-state index contributed by atoms with van der Waals surface area (Å²) in [5, 5.41) is 14.2. The number of hydrogen-bond donors (Lipinski definition) is 2. The van der Waals surface area contributed by atoms with Gasteiger partial charge in [0, 0.05) is 18.7 Å². The van der Waals surface area contributed by atoms with E-state index in [9.17, 15) is 9.59 Å². The highest BCUT2D eigenvalue weighted by Gasteiger charge is 2.07. The van der Waals surface area contributed by atoms with Crippen LogP contribution in [-0.2, 0) is 9.59 Å². The van der Waals surface area contributed by atoms with E-state index in [1.54, 1.807) is 42.5 Å². The second-order valence-electron chi connectivity index (χ2n) is 5.56. The van der Waals surface area contributed by atoms with Gasteiger partial charge in [-0.3, -0.25) is 9.59 Å².